The molecule has 0 aliphatic rings. The van der Waals surface area contributed by atoms with Crippen LogP contribution in [-0.4, -0.2) is 0 Å². The van der Waals surface area contributed by atoms with Crippen LogP contribution >= 0.6 is 11.6 Å². The number of halogens is 1. The lowest BCUT2D eigenvalue weighted by atomic mass is 10.1. The first-order chi connectivity index (χ1) is 8.16. The molecule has 0 fully saturated rings. The summed E-state index contributed by atoms with van der Waals surface area (Å²) in [5.41, 5.74) is 10.0. The molecule has 0 saturated heterocycles. The molecular formula is C14H15ClN2. The maximum Gasteiger partial charge on any atom is 0.0406 e. The molecule has 0 aromatic heterocycles. The Morgan fingerprint density at radius 2 is 1.82 bits per heavy atom. The highest BCUT2D eigenvalue weighted by Gasteiger charge is 2.00. The van der Waals surface area contributed by atoms with Crippen LogP contribution in [0.3, 0.4) is 0 Å². The van der Waals surface area contributed by atoms with Crippen molar-refractivity contribution < 1.29 is 0 Å². The van der Waals surface area contributed by atoms with Crippen LogP contribution < -0.4 is 11.1 Å². The van der Waals surface area contributed by atoms with Gasteiger partial charge in [0, 0.05) is 22.9 Å². The Morgan fingerprint density at radius 1 is 1.12 bits per heavy atom. The Bertz CT molecular complexity index is 506. The molecule has 2 rings (SSSR count). The second-order valence-electron chi connectivity index (χ2n) is 4.00. The minimum atomic E-state index is 0.758. The number of nitrogens with two attached hydrogens (primary N) is 1. The monoisotopic (exact) mass is 246 g/mol. The lowest BCUT2D eigenvalue weighted by Gasteiger charge is -2.11. The molecule has 17 heavy (non-hydrogen) atoms. The third kappa shape index (κ3) is 2.92. The van der Waals surface area contributed by atoms with Gasteiger partial charge in [-0.2, -0.15) is 0 Å². The third-order valence-corrected chi connectivity index (χ3v) is 3.02. The van der Waals surface area contributed by atoms with Crippen LogP contribution in [0.15, 0.2) is 42.5 Å². The molecule has 0 amide bonds. The molecule has 3 heteroatoms. The number of rotatable bonds is 3. The van der Waals surface area contributed by atoms with Crippen LogP contribution in [0.5, 0.6) is 0 Å². The van der Waals surface area contributed by atoms with Crippen molar-refractivity contribution in [2.24, 2.45) is 0 Å². The van der Waals surface area contributed by atoms with Crippen molar-refractivity contribution in [1.82, 2.24) is 0 Å². The smallest absolute Gasteiger partial charge is 0.0406 e. The predicted molar refractivity (Wildman–Crippen MR) is 74.4 cm³/mol. The number of benzene rings is 2. The van der Waals surface area contributed by atoms with Gasteiger partial charge in [0.1, 0.15) is 0 Å². The Labute approximate surface area is 106 Å². The van der Waals surface area contributed by atoms with E-state index in [1.807, 2.05) is 49.4 Å². The van der Waals surface area contributed by atoms with Crippen LogP contribution in [0.4, 0.5) is 11.4 Å². The number of nitrogen functional groups attached to an aromatic ring is 1. The van der Waals surface area contributed by atoms with Crippen LogP contribution in [0.2, 0.25) is 5.02 Å². The summed E-state index contributed by atoms with van der Waals surface area (Å²) in [6, 6.07) is 13.7. The number of nitrogens with one attached hydrogen (secondary N) is 1. The van der Waals surface area contributed by atoms with Gasteiger partial charge in [-0.1, -0.05) is 29.8 Å². The zero-order valence-electron chi connectivity index (χ0n) is 9.70. The highest BCUT2D eigenvalue weighted by Crippen LogP contribution is 2.21. The van der Waals surface area contributed by atoms with Gasteiger partial charge in [0.2, 0.25) is 0 Å². The third-order valence-electron chi connectivity index (χ3n) is 2.77. The molecule has 3 N–H and O–H groups in total. The van der Waals surface area contributed by atoms with Gasteiger partial charge in [0.25, 0.3) is 0 Å². The van der Waals surface area contributed by atoms with E-state index in [2.05, 4.69) is 5.32 Å². The maximum atomic E-state index is 5.85. The molecule has 0 spiro atoms. The summed E-state index contributed by atoms with van der Waals surface area (Å²) in [5.74, 6) is 0. The summed E-state index contributed by atoms with van der Waals surface area (Å²) in [5, 5.41) is 4.12. The quantitative estimate of drug-likeness (QED) is 0.808. The van der Waals surface area contributed by atoms with Crippen LogP contribution in [0.1, 0.15) is 11.1 Å². The molecular weight excluding hydrogens is 232 g/mol. The van der Waals surface area contributed by atoms with Gasteiger partial charge in [-0.15, -0.1) is 0 Å². The SMILES string of the molecule is Cc1c(N)cccc1NCc1ccc(Cl)cc1. The van der Waals surface area contributed by atoms with E-state index in [9.17, 15) is 0 Å². The van der Waals surface area contributed by atoms with Crippen molar-refractivity contribution in [3.05, 3.63) is 58.6 Å². The number of hydrogen-bond acceptors (Lipinski definition) is 2. The van der Waals surface area contributed by atoms with E-state index in [1.54, 1.807) is 0 Å². The largest absolute Gasteiger partial charge is 0.398 e. The maximum absolute atomic E-state index is 5.85. The fraction of sp³-hybridized carbons (Fsp3) is 0.143. The molecule has 0 atom stereocenters. The summed E-state index contributed by atoms with van der Waals surface area (Å²) in [4.78, 5) is 0. The second-order valence-corrected chi connectivity index (χ2v) is 4.44. The minimum absolute atomic E-state index is 0.758. The van der Waals surface area contributed by atoms with Crippen molar-refractivity contribution in [2.75, 3.05) is 11.1 Å². The number of hydrogen-bond donors (Lipinski definition) is 2. The van der Waals surface area contributed by atoms with Gasteiger partial charge >= 0.3 is 0 Å². The van der Waals surface area contributed by atoms with E-state index in [4.69, 9.17) is 17.3 Å². The Kier molecular flexibility index (Phi) is 3.55. The molecule has 0 aliphatic heterocycles. The second kappa shape index (κ2) is 5.11. The van der Waals surface area contributed by atoms with Gasteiger partial charge in [-0.3, -0.25) is 0 Å². The molecule has 0 radical (unpaired) electrons. The van der Waals surface area contributed by atoms with Gasteiger partial charge in [-0.05, 0) is 42.3 Å². The molecule has 0 bridgehead atoms. The van der Waals surface area contributed by atoms with Gasteiger partial charge in [-0.25, -0.2) is 0 Å². The van der Waals surface area contributed by atoms with E-state index < -0.39 is 0 Å². The fourth-order valence-corrected chi connectivity index (χ4v) is 1.77. The van der Waals surface area contributed by atoms with Crippen molar-refractivity contribution in [2.45, 2.75) is 13.5 Å². The first-order valence-corrected chi connectivity index (χ1v) is 5.88. The fourth-order valence-electron chi connectivity index (χ4n) is 1.64. The van der Waals surface area contributed by atoms with Crippen LogP contribution in [0, 0.1) is 6.92 Å². The molecule has 2 nitrogen and oxygen atoms in total. The predicted octanol–water partition coefficient (Wildman–Crippen LogP) is 3.84. The average molecular weight is 247 g/mol. The zero-order valence-corrected chi connectivity index (χ0v) is 10.5. The van der Waals surface area contributed by atoms with Gasteiger partial charge in [0.05, 0.1) is 0 Å². The normalized spacial score (nSPS) is 10.2. The highest BCUT2D eigenvalue weighted by atomic mass is 35.5. The molecule has 0 saturated carbocycles. The van der Waals surface area contributed by atoms with E-state index in [1.165, 1.54) is 5.56 Å². The zero-order chi connectivity index (χ0) is 12.3. The van der Waals surface area contributed by atoms with Gasteiger partial charge in [0.15, 0.2) is 0 Å². The molecule has 2 aromatic rings. The topological polar surface area (TPSA) is 38.0 Å². The first kappa shape index (κ1) is 11.8. The van der Waals surface area contributed by atoms with Crippen LogP contribution in [-0.2, 0) is 6.54 Å². The lowest BCUT2D eigenvalue weighted by Crippen LogP contribution is -2.02. The Hall–Kier alpha value is -1.67. The van der Waals surface area contributed by atoms with Crippen molar-refractivity contribution >= 4 is 23.0 Å². The van der Waals surface area contributed by atoms with Crippen LogP contribution in [0.25, 0.3) is 0 Å². The molecule has 0 aliphatic carbocycles. The molecule has 2 aromatic carbocycles. The first-order valence-electron chi connectivity index (χ1n) is 5.50. The Morgan fingerprint density at radius 3 is 2.53 bits per heavy atom. The summed E-state index contributed by atoms with van der Waals surface area (Å²) < 4.78 is 0. The minimum Gasteiger partial charge on any atom is -0.398 e. The lowest BCUT2D eigenvalue weighted by molar-refractivity contribution is 1.14. The van der Waals surface area contributed by atoms with Crippen molar-refractivity contribution in [1.29, 1.82) is 0 Å². The highest BCUT2D eigenvalue weighted by molar-refractivity contribution is 6.30. The molecule has 0 unspecified atom stereocenters. The van der Waals surface area contributed by atoms with Crippen molar-refractivity contribution in [3.8, 4) is 0 Å². The van der Waals surface area contributed by atoms with E-state index in [-0.39, 0.29) is 0 Å². The standard InChI is InChI=1S/C14H15ClN2/c1-10-13(16)3-2-4-14(10)17-9-11-5-7-12(15)8-6-11/h2-8,17H,9,16H2,1H3. The summed E-state index contributed by atoms with van der Waals surface area (Å²) in [6.45, 7) is 2.78. The average Bonchev–Trinajstić information content (AvgIpc) is 2.33. The summed E-state index contributed by atoms with van der Waals surface area (Å²) in [6.07, 6.45) is 0. The van der Waals surface area contributed by atoms with E-state index in [0.29, 0.717) is 0 Å². The number of anilines is 2. The molecule has 0 heterocycles. The Balaban J connectivity index is 2.07. The van der Waals surface area contributed by atoms with E-state index in [0.717, 1.165) is 28.5 Å². The summed E-state index contributed by atoms with van der Waals surface area (Å²) >= 11 is 5.84. The molecule has 88 valence electrons. The summed E-state index contributed by atoms with van der Waals surface area (Å²) in [7, 11) is 0. The van der Waals surface area contributed by atoms with Gasteiger partial charge < -0.3 is 11.1 Å². The van der Waals surface area contributed by atoms with Crippen molar-refractivity contribution in [3.63, 3.8) is 0 Å². The van der Waals surface area contributed by atoms with E-state index >= 15 is 0 Å².